The van der Waals surface area contributed by atoms with Crippen LogP contribution in [0.25, 0.3) is 11.3 Å². The van der Waals surface area contributed by atoms with Crippen LogP contribution in [-0.2, 0) is 16.6 Å². The third kappa shape index (κ3) is 6.51. The largest absolute Gasteiger partial charge is 0.316 e. The van der Waals surface area contributed by atoms with E-state index in [0.29, 0.717) is 18.0 Å². The Balaban J connectivity index is 1.64. The molecule has 1 aromatic heterocycles. The van der Waals surface area contributed by atoms with E-state index in [0.717, 1.165) is 60.4 Å². The molecule has 7 heteroatoms. The number of hydrogen-bond donors (Lipinski definition) is 0. The molecule has 1 fully saturated rings. The smallest absolute Gasteiger partial charge is 0.243 e. The normalized spacial score (nSPS) is 15.9. The van der Waals surface area contributed by atoms with Gasteiger partial charge in [-0.2, -0.15) is 4.31 Å². The van der Waals surface area contributed by atoms with Crippen molar-refractivity contribution in [1.29, 1.82) is 0 Å². The summed E-state index contributed by atoms with van der Waals surface area (Å²) in [7, 11) is -3.44. The summed E-state index contributed by atoms with van der Waals surface area (Å²) >= 11 is 1.64. The van der Waals surface area contributed by atoms with Crippen LogP contribution in [0.2, 0.25) is 0 Å². The monoisotopic (exact) mass is 511 g/mol. The van der Waals surface area contributed by atoms with Gasteiger partial charge in [-0.1, -0.05) is 68.9 Å². The first-order valence-corrected chi connectivity index (χ1v) is 15.2. The van der Waals surface area contributed by atoms with Crippen LogP contribution in [-0.4, -0.2) is 30.4 Å². The molecule has 0 unspecified atom stereocenters. The summed E-state index contributed by atoms with van der Waals surface area (Å²) in [5.74, 6) is 0. The minimum absolute atomic E-state index is 0.387. The van der Waals surface area contributed by atoms with Crippen molar-refractivity contribution in [1.82, 2.24) is 8.87 Å². The maximum atomic E-state index is 13.2. The maximum Gasteiger partial charge on any atom is 0.243 e. The van der Waals surface area contributed by atoms with Crippen LogP contribution in [0.1, 0.15) is 63.9 Å². The fraction of sp³-hybridized carbons (Fsp3) is 0.464. The predicted molar refractivity (Wildman–Crippen MR) is 146 cm³/mol. The molecule has 188 valence electrons. The molecular formula is C28H37N3O2S2. The standard InChI is InChI=1S/C28H37N3O2S2/c1-3-4-5-10-21-31-27(22-34-28(31)29-25-15-11-23(2)12-16-25)24-13-17-26(18-14-24)35(32,33)30-19-8-6-7-9-20-30/h11-18,22H,3-10,19-21H2,1-2H3. The van der Waals surface area contributed by atoms with E-state index in [4.69, 9.17) is 4.99 Å². The lowest BCUT2D eigenvalue weighted by Crippen LogP contribution is -2.31. The molecule has 1 aliphatic rings. The topological polar surface area (TPSA) is 54.7 Å². The molecule has 0 atom stereocenters. The number of unbranched alkanes of at least 4 members (excludes halogenated alkanes) is 3. The lowest BCUT2D eigenvalue weighted by molar-refractivity contribution is 0.424. The van der Waals surface area contributed by atoms with E-state index in [1.165, 1.54) is 24.8 Å². The average Bonchev–Trinajstić information content (AvgIpc) is 3.06. The van der Waals surface area contributed by atoms with E-state index < -0.39 is 10.0 Å². The van der Waals surface area contributed by atoms with Crippen molar-refractivity contribution in [3.8, 4) is 11.3 Å². The lowest BCUT2D eigenvalue weighted by Gasteiger charge is -2.20. The highest BCUT2D eigenvalue weighted by molar-refractivity contribution is 7.89. The first kappa shape index (κ1) is 25.9. The van der Waals surface area contributed by atoms with Gasteiger partial charge in [-0.3, -0.25) is 0 Å². The van der Waals surface area contributed by atoms with Crippen molar-refractivity contribution in [3.05, 3.63) is 64.3 Å². The van der Waals surface area contributed by atoms with E-state index in [9.17, 15) is 8.42 Å². The Bertz CT molecular complexity index is 1250. The van der Waals surface area contributed by atoms with Gasteiger partial charge in [0.15, 0.2) is 4.80 Å². The first-order chi connectivity index (χ1) is 17.0. The van der Waals surface area contributed by atoms with Crippen LogP contribution in [0, 0.1) is 6.92 Å². The second-order valence-electron chi connectivity index (χ2n) is 9.41. The number of benzene rings is 2. The van der Waals surface area contributed by atoms with Crippen LogP contribution in [0.15, 0.2) is 63.8 Å². The van der Waals surface area contributed by atoms with Crippen molar-refractivity contribution in [2.45, 2.75) is 76.7 Å². The minimum atomic E-state index is -3.44. The molecule has 1 aliphatic heterocycles. The number of aryl methyl sites for hydroxylation is 1. The molecule has 0 radical (unpaired) electrons. The van der Waals surface area contributed by atoms with Crippen molar-refractivity contribution in [3.63, 3.8) is 0 Å². The quantitative estimate of drug-likeness (QED) is 0.293. The van der Waals surface area contributed by atoms with E-state index in [1.807, 2.05) is 12.1 Å². The van der Waals surface area contributed by atoms with Gasteiger partial charge in [0, 0.05) is 25.0 Å². The van der Waals surface area contributed by atoms with Gasteiger partial charge >= 0.3 is 0 Å². The summed E-state index contributed by atoms with van der Waals surface area (Å²) in [5, 5.41) is 2.14. The molecule has 0 spiro atoms. The minimum Gasteiger partial charge on any atom is -0.316 e. The number of hydrogen-bond acceptors (Lipinski definition) is 4. The van der Waals surface area contributed by atoms with Crippen LogP contribution in [0.3, 0.4) is 0 Å². The van der Waals surface area contributed by atoms with Gasteiger partial charge in [-0.05, 0) is 56.0 Å². The SMILES string of the molecule is CCCCCCn1c(-c2ccc(S(=O)(=O)N3CCCCCC3)cc2)csc1=Nc1ccc(C)cc1. The summed E-state index contributed by atoms with van der Waals surface area (Å²) in [6.45, 7) is 6.45. The third-order valence-electron chi connectivity index (χ3n) is 6.64. The van der Waals surface area contributed by atoms with Gasteiger partial charge in [-0.15, -0.1) is 11.3 Å². The van der Waals surface area contributed by atoms with E-state index in [-0.39, 0.29) is 0 Å². The third-order valence-corrected chi connectivity index (χ3v) is 9.42. The summed E-state index contributed by atoms with van der Waals surface area (Å²) in [6, 6.07) is 15.7. The van der Waals surface area contributed by atoms with Gasteiger partial charge < -0.3 is 4.57 Å². The van der Waals surface area contributed by atoms with Gasteiger partial charge in [0.05, 0.1) is 16.3 Å². The molecule has 4 rings (SSSR count). The molecular weight excluding hydrogens is 474 g/mol. The van der Waals surface area contributed by atoms with Crippen molar-refractivity contribution < 1.29 is 8.42 Å². The zero-order chi connectivity index (χ0) is 24.7. The molecule has 0 saturated carbocycles. The van der Waals surface area contributed by atoms with E-state index >= 15 is 0 Å². The molecule has 2 aromatic carbocycles. The number of nitrogens with zero attached hydrogens (tertiary/aromatic N) is 3. The summed E-state index contributed by atoms with van der Waals surface area (Å²) < 4.78 is 30.3. The fourth-order valence-corrected chi connectivity index (χ4v) is 6.99. The maximum absolute atomic E-state index is 13.2. The van der Waals surface area contributed by atoms with Crippen LogP contribution in [0.4, 0.5) is 5.69 Å². The second-order valence-corrected chi connectivity index (χ2v) is 12.2. The Morgan fingerprint density at radius 2 is 1.57 bits per heavy atom. The second kappa shape index (κ2) is 12.2. The summed E-state index contributed by atoms with van der Waals surface area (Å²) in [6.07, 6.45) is 8.82. The van der Waals surface area contributed by atoms with Gasteiger partial charge in [0.1, 0.15) is 0 Å². The average molecular weight is 512 g/mol. The Hall–Kier alpha value is -2.22. The Morgan fingerprint density at radius 3 is 2.23 bits per heavy atom. The fourth-order valence-electron chi connectivity index (χ4n) is 4.52. The molecule has 2 heterocycles. The van der Waals surface area contributed by atoms with Crippen LogP contribution in [0.5, 0.6) is 0 Å². The zero-order valence-electron chi connectivity index (χ0n) is 20.9. The van der Waals surface area contributed by atoms with Crippen molar-refractivity contribution in [2.75, 3.05) is 13.1 Å². The van der Waals surface area contributed by atoms with Crippen LogP contribution >= 0.6 is 11.3 Å². The lowest BCUT2D eigenvalue weighted by atomic mass is 10.1. The predicted octanol–water partition coefficient (Wildman–Crippen LogP) is 6.90. The summed E-state index contributed by atoms with van der Waals surface area (Å²) in [4.78, 5) is 6.29. The molecule has 35 heavy (non-hydrogen) atoms. The highest BCUT2D eigenvalue weighted by atomic mass is 32.2. The van der Waals surface area contributed by atoms with Crippen molar-refractivity contribution >= 4 is 27.0 Å². The molecule has 5 nitrogen and oxygen atoms in total. The van der Waals surface area contributed by atoms with E-state index in [2.05, 4.69) is 48.1 Å². The Labute approximate surface area is 214 Å². The molecule has 0 amide bonds. The zero-order valence-corrected chi connectivity index (χ0v) is 22.6. The molecule has 3 aromatic rings. The molecule has 0 aliphatic carbocycles. The van der Waals surface area contributed by atoms with Crippen LogP contribution < -0.4 is 4.80 Å². The Morgan fingerprint density at radius 1 is 0.886 bits per heavy atom. The van der Waals surface area contributed by atoms with E-state index in [1.54, 1.807) is 27.8 Å². The highest BCUT2D eigenvalue weighted by Crippen LogP contribution is 2.26. The number of thiazole rings is 1. The summed E-state index contributed by atoms with van der Waals surface area (Å²) in [5.41, 5.74) is 4.29. The number of sulfonamides is 1. The van der Waals surface area contributed by atoms with Gasteiger partial charge in [0.2, 0.25) is 10.0 Å². The number of rotatable bonds is 9. The van der Waals surface area contributed by atoms with Gasteiger partial charge in [0.25, 0.3) is 0 Å². The van der Waals surface area contributed by atoms with Gasteiger partial charge in [-0.25, -0.2) is 13.4 Å². The molecule has 1 saturated heterocycles. The highest BCUT2D eigenvalue weighted by Gasteiger charge is 2.25. The molecule has 0 bridgehead atoms. The number of aromatic nitrogens is 1. The molecule has 0 N–H and O–H groups in total. The Kier molecular flexibility index (Phi) is 8.98. The first-order valence-electron chi connectivity index (χ1n) is 12.9. The van der Waals surface area contributed by atoms with Crippen molar-refractivity contribution in [2.24, 2.45) is 4.99 Å².